The van der Waals surface area contributed by atoms with Gasteiger partial charge in [0.25, 0.3) is 11.8 Å². The van der Waals surface area contributed by atoms with Crippen LogP contribution in [0.25, 0.3) is 11.2 Å². The number of esters is 1. The lowest BCUT2D eigenvalue weighted by molar-refractivity contribution is -0.147. The van der Waals surface area contributed by atoms with Gasteiger partial charge in [-0.05, 0) is 50.2 Å². The highest BCUT2D eigenvalue weighted by molar-refractivity contribution is 5.96. The van der Waals surface area contributed by atoms with Crippen LogP contribution in [0.4, 0.5) is 5.69 Å². The second kappa shape index (κ2) is 12.7. The summed E-state index contributed by atoms with van der Waals surface area (Å²) in [4.78, 5) is 48.3. The average Bonchev–Trinajstić information content (AvgIpc) is 3.64. The highest BCUT2D eigenvalue weighted by Crippen LogP contribution is 2.35. The largest absolute Gasteiger partial charge is 0.464 e. The zero-order valence-corrected chi connectivity index (χ0v) is 25.1. The summed E-state index contributed by atoms with van der Waals surface area (Å²) in [6.07, 6.45) is 3.38. The molecule has 0 aliphatic carbocycles. The highest BCUT2D eigenvalue weighted by Gasteiger charge is 2.30. The molecule has 0 radical (unpaired) electrons. The first-order chi connectivity index (χ1) is 21.5. The number of amidine groups is 1. The van der Waals surface area contributed by atoms with Gasteiger partial charge in [0.15, 0.2) is 16.9 Å². The van der Waals surface area contributed by atoms with Crippen LogP contribution in [0.2, 0.25) is 0 Å². The fourth-order valence-corrected chi connectivity index (χ4v) is 4.60. The van der Waals surface area contributed by atoms with Gasteiger partial charge in [0.05, 0.1) is 24.3 Å². The molecule has 0 fully saturated rings. The molecule has 0 bridgehead atoms. The third-order valence-electron chi connectivity index (χ3n) is 6.72. The Bertz CT molecular complexity index is 1880. The maximum absolute atomic E-state index is 13.3. The summed E-state index contributed by atoms with van der Waals surface area (Å²) in [6, 6.07) is 10.1. The molecule has 1 atom stereocenters. The summed E-state index contributed by atoms with van der Waals surface area (Å²) in [5.74, 6) is -0.0462. The Balaban J connectivity index is 1.67. The molecule has 0 aliphatic heterocycles. The topological polar surface area (TPSA) is 213 Å². The van der Waals surface area contributed by atoms with Crippen molar-refractivity contribution in [1.82, 2.24) is 34.4 Å². The predicted molar refractivity (Wildman–Crippen MR) is 164 cm³/mol. The number of carbonyl (C=O) groups is 2. The SMILES string of the molecule is CCOC(=O)C(Cc1c[nH]cn1)n1c(C)nc2c(Oc3cccc(C(=O)N(C)C)c3)nc(Oc3cc(C(=N)N)ccc3N)nc21. The number of nitrogens with one attached hydrogen (secondary N) is 2. The number of nitrogen functional groups attached to an aromatic ring is 2. The molecule has 0 saturated heterocycles. The fourth-order valence-electron chi connectivity index (χ4n) is 4.60. The molecule has 3 aromatic heterocycles. The van der Waals surface area contributed by atoms with Crippen LogP contribution in [0, 0.1) is 12.3 Å². The molecule has 1 unspecified atom stereocenters. The lowest BCUT2D eigenvalue weighted by atomic mass is 10.1. The second-order valence-corrected chi connectivity index (χ2v) is 10.1. The van der Waals surface area contributed by atoms with Gasteiger partial charge in [-0.1, -0.05) is 6.07 Å². The number of imidazole rings is 2. The number of aromatic nitrogens is 6. The van der Waals surface area contributed by atoms with Crippen LogP contribution < -0.4 is 20.9 Å². The fraction of sp³-hybridized carbons (Fsp3) is 0.233. The number of ether oxygens (including phenoxy) is 3. The quantitative estimate of drug-likeness (QED) is 0.0734. The van der Waals surface area contributed by atoms with E-state index in [1.165, 1.54) is 17.3 Å². The van der Waals surface area contributed by atoms with Crippen LogP contribution in [0.5, 0.6) is 23.4 Å². The van der Waals surface area contributed by atoms with E-state index < -0.39 is 12.0 Å². The second-order valence-electron chi connectivity index (χ2n) is 10.1. The number of fused-ring (bicyclic) bond motifs is 1. The number of hydrogen-bond donors (Lipinski definition) is 4. The highest BCUT2D eigenvalue weighted by atomic mass is 16.5. The molecule has 0 saturated carbocycles. The Morgan fingerprint density at radius 2 is 1.89 bits per heavy atom. The minimum atomic E-state index is -0.902. The average molecular weight is 613 g/mol. The first-order valence-corrected chi connectivity index (χ1v) is 13.9. The van der Waals surface area contributed by atoms with Crippen LogP contribution in [0.3, 0.4) is 0 Å². The first kappa shape index (κ1) is 30.5. The molecule has 5 rings (SSSR count). The summed E-state index contributed by atoms with van der Waals surface area (Å²) in [5, 5.41) is 7.80. The van der Waals surface area contributed by atoms with Gasteiger partial charge in [-0.15, -0.1) is 0 Å². The number of nitrogens with zero attached hydrogens (tertiary/aromatic N) is 6. The van der Waals surface area contributed by atoms with Gasteiger partial charge in [-0.3, -0.25) is 14.8 Å². The van der Waals surface area contributed by atoms with Crippen LogP contribution in [-0.4, -0.2) is 72.8 Å². The van der Waals surface area contributed by atoms with E-state index in [9.17, 15) is 9.59 Å². The van der Waals surface area contributed by atoms with Gasteiger partial charge in [0.2, 0.25) is 0 Å². The number of nitrogens with two attached hydrogens (primary N) is 2. The van der Waals surface area contributed by atoms with Crippen LogP contribution in [0.15, 0.2) is 55.0 Å². The van der Waals surface area contributed by atoms with E-state index in [1.807, 2.05) is 0 Å². The number of hydrogen-bond acceptors (Lipinski definition) is 11. The smallest absolute Gasteiger partial charge is 0.329 e. The number of aromatic amines is 1. The van der Waals surface area contributed by atoms with Crippen molar-refractivity contribution < 1.29 is 23.8 Å². The summed E-state index contributed by atoms with van der Waals surface area (Å²) < 4.78 is 19.3. The third-order valence-corrected chi connectivity index (χ3v) is 6.72. The zero-order valence-electron chi connectivity index (χ0n) is 25.1. The van der Waals surface area contributed by atoms with Crippen molar-refractivity contribution in [1.29, 1.82) is 5.41 Å². The van der Waals surface area contributed by atoms with Gasteiger partial charge in [-0.2, -0.15) is 9.97 Å². The van der Waals surface area contributed by atoms with Crippen molar-refractivity contribution in [2.24, 2.45) is 5.73 Å². The molecule has 15 nitrogen and oxygen atoms in total. The van der Waals surface area contributed by atoms with Crippen LogP contribution in [-0.2, 0) is 16.0 Å². The minimum absolute atomic E-state index is 0.00465. The molecule has 0 aliphatic rings. The monoisotopic (exact) mass is 612 g/mol. The Morgan fingerprint density at radius 3 is 2.58 bits per heavy atom. The summed E-state index contributed by atoms with van der Waals surface area (Å²) in [5.41, 5.74) is 13.9. The number of rotatable bonds is 11. The van der Waals surface area contributed by atoms with Crippen molar-refractivity contribution in [2.45, 2.75) is 26.3 Å². The first-order valence-electron chi connectivity index (χ1n) is 13.9. The van der Waals surface area contributed by atoms with Gasteiger partial charge in [0, 0.05) is 37.8 Å². The normalized spacial score (nSPS) is 11.6. The molecule has 0 spiro atoms. The molecule has 5 aromatic rings. The predicted octanol–water partition coefficient (Wildman–Crippen LogP) is 3.36. The van der Waals surface area contributed by atoms with Crippen molar-refractivity contribution >= 4 is 34.6 Å². The van der Waals surface area contributed by atoms with Gasteiger partial charge < -0.3 is 35.6 Å². The van der Waals surface area contributed by atoms with E-state index >= 15 is 0 Å². The summed E-state index contributed by atoms with van der Waals surface area (Å²) in [7, 11) is 3.30. The van der Waals surface area contributed by atoms with Gasteiger partial charge >= 0.3 is 12.0 Å². The Morgan fingerprint density at radius 1 is 1.09 bits per heavy atom. The summed E-state index contributed by atoms with van der Waals surface area (Å²) >= 11 is 0. The molecule has 6 N–H and O–H groups in total. The number of aryl methyl sites for hydroxylation is 1. The number of amides is 1. The molecule has 2 aromatic carbocycles. The van der Waals surface area contributed by atoms with E-state index in [-0.39, 0.29) is 59.3 Å². The van der Waals surface area contributed by atoms with E-state index in [4.69, 9.17) is 31.1 Å². The van der Waals surface area contributed by atoms with Crippen molar-refractivity contribution in [3.63, 3.8) is 0 Å². The third kappa shape index (κ3) is 6.51. The minimum Gasteiger partial charge on any atom is -0.464 e. The lowest BCUT2D eigenvalue weighted by Crippen LogP contribution is -2.25. The molecule has 15 heteroatoms. The van der Waals surface area contributed by atoms with E-state index in [0.29, 0.717) is 28.4 Å². The molecular weight excluding hydrogens is 580 g/mol. The molecular formula is C30H32N10O5. The maximum atomic E-state index is 13.3. The zero-order chi connectivity index (χ0) is 32.2. The Labute approximate surface area is 257 Å². The van der Waals surface area contributed by atoms with E-state index in [0.717, 1.165) is 0 Å². The molecule has 3 heterocycles. The lowest BCUT2D eigenvalue weighted by Gasteiger charge is -2.18. The maximum Gasteiger partial charge on any atom is 0.329 e. The van der Waals surface area contributed by atoms with Crippen LogP contribution in [0.1, 0.15) is 40.4 Å². The summed E-state index contributed by atoms with van der Waals surface area (Å²) in [6.45, 7) is 3.59. The van der Waals surface area contributed by atoms with Crippen molar-refractivity contribution in [3.8, 4) is 23.4 Å². The van der Waals surface area contributed by atoms with Gasteiger partial charge in [-0.25, -0.2) is 14.8 Å². The van der Waals surface area contributed by atoms with Crippen molar-refractivity contribution in [3.05, 3.63) is 77.6 Å². The van der Waals surface area contributed by atoms with Crippen LogP contribution >= 0.6 is 0 Å². The number of H-pyrrole nitrogens is 1. The molecule has 1 amide bonds. The van der Waals surface area contributed by atoms with E-state index in [2.05, 4.69) is 24.9 Å². The number of benzene rings is 2. The molecule has 45 heavy (non-hydrogen) atoms. The van der Waals surface area contributed by atoms with Gasteiger partial charge in [0.1, 0.15) is 23.5 Å². The standard InChI is InChI=1S/C30H32N10O5/c1-5-43-29(42)22(13-19-14-34-15-35-19)40-16(2)36-24-26(40)37-30(45-23-12-17(25(32)33)9-10-21(23)31)38-27(24)44-20-8-6-7-18(11-20)28(41)39(3)4/h6-12,14-15,22H,5,13,31H2,1-4H3,(H3,32,33)(H,34,35). The van der Waals surface area contributed by atoms with Crippen molar-refractivity contribution in [2.75, 3.05) is 26.4 Å². The Hall–Kier alpha value is -5.99. The number of carbonyl (C=O) groups excluding carboxylic acids is 2. The van der Waals surface area contributed by atoms with E-state index in [1.54, 1.807) is 75.1 Å². The number of anilines is 1. The Kier molecular flexibility index (Phi) is 8.60. The molecule has 232 valence electrons.